The van der Waals surface area contributed by atoms with Crippen LogP contribution in [0.5, 0.6) is 0 Å². The fraction of sp³-hybridized carbons (Fsp3) is 0.931. The molecule has 0 unspecified atom stereocenters. The Labute approximate surface area is 210 Å². The highest BCUT2D eigenvalue weighted by molar-refractivity contribution is 5.69. The van der Waals surface area contributed by atoms with E-state index >= 15 is 0 Å². The van der Waals surface area contributed by atoms with Gasteiger partial charge in [0.05, 0.1) is 0 Å². The molecule has 0 bridgehead atoms. The second-order valence-electron chi connectivity index (χ2n) is 10.8. The number of aliphatic hydroxyl groups is 1. The first-order valence-electron chi connectivity index (χ1n) is 14.3. The number of aliphatic hydroxyl groups excluding tert-OH is 1. The lowest BCUT2D eigenvalue weighted by Crippen LogP contribution is -2.25. The number of carbonyl (C=O) groups is 2. The molecule has 0 aliphatic rings. The lowest BCUT2D eigenvalue weighted by atomic mass is 10.0. The minimum absolute atomic E-state index is 0.112. The van der Waals surface area contributed by atoms with Gasteiger partial charge in [-0.15, -0.1) is 0 Å². The normalized spacial score (nSPS) is 11.5. The van der Waals surface area contributed by atoms with Crippen LogP contribution in [-0.2, 0) is 19.1 Å². The molecule has 0 aliphatic heterocycles. The molecule has 0 aliphatic carbocycles. The Bertz CT molecular complexity index is 433. The number of rotatable bonds is 24. The first kappa shape index (κ1) is 32.9. The molecule has 0 aromatic rings. The Morgan fingerprint density at radius 1 is 0.529 bits per heavy atom. The minimum atomic E-state index is -0.954. The van der Waals surface area contributed by atoms with Crippen molar-refractivity contribution in [3.8, 4) is 0 Å². The first-order chi connectivity index (χ1) is 16.3. The van der Waals surface area contributed by atoms with Gasteiger partial charge in [0.2, 0.25) is 0 Å². The Kier molecular flexibility index (Phi) is 22.9. The van der Waals surface area contributed by atoms with Crippen LogP contribution in [0.3, 0.4) is 0 Å². The number of hydrogen-bond acceptors (Lipinski definition) is 5. The summed E-state index contributed by atoms with van der Waals surface area (Å²) in [6.45, 7) is 8.85. The van der Waals surface area contributed by atoms with E-state index in [4.69, 9.17) is 9.47 Å². The summed E-state index contributed by atoms with van der Waals surface area (Å²) in [5, 5.41) is 9.89. The molecule has 0 saturated heterocycles. The van der Waals surface area contributed by atoms with Crippen molar-refractivity contribution in [3.05, 3.63) is 0 Å². The molecule has 0 spiro atoms. The van der Waals surface area contributed by atoms with E-state index in [2.05, 4.69) is 27.7 Å². The van der Waals surface area contributed by atoms with Gasteiger partial charge in [-0.25, -0.2) is 0 Å². The second-order valence-corrected chi connectivity index (χ2v) is 10.8. The van der Waals surface area contributed by atoms with Gasteiger partial charge >= 0.3 is 11.9 Å². The van der Waals surface area contributed by atoms with Crippen molar-refractivity contribution in [1.82, 2.24) is 0 Å². The SMILES string of the molecule is CC(C)CCCCCCCCCC(=O)OCC(O)COC(=O)CCCCCCCCCC(C)C. The molecule has 0 rings (SSSR count). The maximum atomic E-state index is 11.8. The van der Waals surface area contributed by atoms with Crippen LogP contribution >= 0.6 is 0 Å². The van der Waals surface area contributed by atoms with Crippen molar-refractivity contribution in [3.63, 3.8) is 0 Å². The molecule has 202 valence electrons. The van der Waals surface area contributed by atoms with Crippen LogP contribution in [0.2, 0.25) is 0 Å². The maximum Gasteiger partial charge on any atom is 0.305 e. The summed E-state index contributed by atoms with van der Waals surface area (Å²) >= 11 is 0. The van der Waals surface area contributed by atoms with Crippen molar-refractivity contribution in [2.75, 3.05) is 13.2 Å². The van der Waals surface area contributed by atoms with Crippen molar-refractivity contribution < 1.29 is 24.2 Å². The molecule has 1 N–H and O–H groups in total. The molecular formula is C29H56O5. The standard InChI is InChI=1S/C29H56O5/c1-25(2)19-15-11-7-5-9-13-17-21-28(31)33-23-27(30)24-34-29(32)22-18-14-10-6-8-12-16-20-26(3)4/h25-27,30H,5-24H2,1-4H3. The summed E-state index contributed by atoms with van der Waals surface area (Å²) in [6.07, 6.45) is 18.8. The molecule has 0 aromatic heterocycles. The average Bonchev–Trinajstić information content (AvgIpc) is 2.78. The van der Waals surface area contributed by atoms with Crippen molar-refractivity contribution in [2.24, 2.45) is 11.8 Å². The summed E-state index contributed by atoms with van der Waals surface area (Å²) < 4.78 is 10.2. The van der Waals surface area contributed by atoms with Gasteiger partial charge in [-0.1, -0.05) is 118 Å². The molecule has 0 amide bonds. The molecule has 0 heterocycles. The lowest BCUT2D eigenvalue weighted by molar-refractivity contribution is -0.152. The number of ether oxygens (including phenoxy) is 2. The van der Waals surface area contributed by atoms with Crippen LogP contribution in [-0.4, -0.2) is 36.4 Å². The van der Waals surface area contributed by atoms with Crippen molar-refractivity contribution in [1.29, 1.82) is 0 Å². The topological polar surface area (TPSA) is 72.8 Å². The molecule has 5 nitrogen and oxygen atoms in total. The third-order valence-electron chi connectivity index (χ3n) is 6.20. The molecule has 0 saturated carbocycles. The van der Waals surface area contributed by atoms with E-state index in [1.807, 2.05) is 0 Å². The summed E-state index contributed by atoms with van der Waals surface area (Å²) in [4.78, 5) is 23.6. The number of unbranched alkanes of at least 4 members (excludes halogenated alkanes) is 12. The van der Waals surface area contributed by atoms with Crippen LogP contribution in [0.15, 0.2) is 0 Å². The Balaban J connectivity index is 3.46. The summed E-state index contributed by atoms with van der Waals surface area (Å²) in [6, 6.07) is 0. The summed E-state index contributed by atoms with van der Waals surface area (Å²) in [7, 11) is 0. The van der Waals surface area contributed by atoms with Crippen LogP contribution in [0.1, 0.15) is 143 Å². The van der Waals surface area contributed by atoms with Gasteiger partial charge in [-0.2, -0.15) is 0 Å². The van der Waals surface area contributed by atoms with E-state index in [1.54, 1.807) is 0 Å². The van der Waals surface area contributed by atoms with Crippen LogP contribution < -0.4 is 0 Å². The van der Waals surface area contributed by atoms with E-state index in [0.717, 1.165) is 50.4 Å². The molecule has 0 radical (unpaired) electrons. The Morgan fingerprint density at radius 2 is 0.824 bits per heavy atom. The van der Waals surface area contributed by atoms with Gasteiger partial charge in [-0.3, -0.25) is 9.59 Å². The monoisotopic (exact) mass is 484 g/mol. The number of hydrogen-bond donors (Lipinski definition) is 1. The lowest BCUT2D eigenvalue weighted by Gasteiger charge is -2.12. The van der Waals surface area contributed by atoms with Gasteiger partial charge in [-0.05, 0) is 24.7 Å². The zero-order valence-electron chi connectivity index (χ0n) is 23.0. The van der Waals surface area contributed by atoms with Gasteiger partial charge in [0, 0.05) is 12.8 Å². The summed E-state index contributed by atoms with van der Waals surface area (Å²) in [5.41, 5.74) is 0. The van der Waals surface area contributed by atoms with E-state index in [-0.39, 0.29) is 25.2 Å². The molecule has 0 fully saturated rings. The molecular weight excluding hydrogens is 428 g/mol. The van der Waals surface area contributed by atoms with Gasteiger partial charge in [0.1, 0.15) is 19.3 Å². The predicted molar refractivity (Wildman–Crippen MR) is 141 cm³/mol. The molecule has 0 aromatic carbocycles. The number of carbonyl (C=O) groups excluding carboxylic acids is 2. The minimum Gasteiger partial charge on any atom is -0.463 e. The van der Waals surface area contributed by atoms with E-state index in [0.29, 0.717) is 12.8 Å². The summed E-state index contributed by atoms with van der Waals surface area (Å²) in [5.74, 6) is 1.02. The van der Waals surface area contributed by atoms with E-state index in [1.165, 1.54) is 64.2 Å². The van der Waals surface area contributed by atoms with Gasteiger partial charge in [0.15, 0.2) is 0 Å². The quantitative estimate of drug-likeness (QED) is 0.112. The van der Waals surface area contributed by atoms with Crippen molar-refractivity contribution >= 4 is 11.9 Å². The number of esters is 2. The van der Waals surface area contributed by atoms with Gasteiger partial charge in [0.25, 0.3) is 0 Å². The Hall–Kier alpha value is -1.10. The Morgan fingerprint density at radius 3 is 1.15 bits per heavy atom. The smallest absolute Gasteiger partial charge is 0.305 e. The maximum absolute atomic E-state index is 11.8. The molecule has 5 heteroatoms. The molecule has 34 heavy (non-hydrogen) atoms. The highest BCUT2D eigenvalue weighted by Gasteiger charge is 2.12. The third-order valence-corrected chi connectivity index (χ3v) is 6.20. The van der Waals surface area contributed by atoms with E-state index < -0.39 is 6.10 Å². The zero-order valence-corrected chi connectivity index (χ0v) is 23.0. The van der Waals surface area contributed by atoms with Crippen LogP contribution in [0.4, 0.5) is 0 Å². The van der Waals surface area contributed by atoms with Crippen LogP contribution in [0, 0.1) is 11.8 Å². The fourth-order valence-corrected chi connectivity index (χ4v) is 3.98. The molecule has 0 atom stereocenters. The first-order valence-corrected chi connectivity index (χ1v) is 14.3. The average molecular weight is 485 g/mol. The van der Waals surface area contributed by atoms with Gasteiger partial charge < -0.3 is 14.6 Å². The second kappa shape index (κ2) is 23.6. The largest absolute Gasteiger partial charge is 0.463 e. The third kappa shape index (κ3) is 25.5. The van der Waals surface area contributed by atoms with Crippen LogP contribution in [0.25, 0.3) is 0 Å². The highest BCUT2D eigenvalue weighted by Crippen LogP contribution is 2.14. The van der Waals surface area contributed by atoms with E-state index in [9.17, 15) is 14.7 Å². The zero-order chi connectivity index (χ0) is 25.4. The highest BCUT2D eigenvalue weighted by atomic mass is 16.6. The predicted octanol–water partition coefficient (Wildman–Crippen LogP) is 7.77. The van der Waals surface area contributed by atoms with Crippen molar-refractivity contribution in [2.45, 2.75) is 149 Å². The fourth-order valence-electron chi connectivity index (χ4n) is 3.98.